The fourth-order valence-corrected chi connectivity index (χ4v) is 3.50. The van der Waals surface area contributed by atoms with E-state index >= 15 is 0 Å². The summed E-state index contributed by atoms with van der Waals surface area (Å²) < 4.78 is 5.22. The van der Waals surface area contributed by atoms with E-state index < -0.39 is 0 Å². The van der Waals surface area contributed by atoms with Crippen LogP contribution in [0.3, 0.4) is 0 Å². The molecule has 0 fully saturated rings. The molecule has 0 radical (unpaired) electrons. The Balaban J connectivity index is 1.55. The van der Waals surface area contributed by atoms with Crippen molar-refractivity contribution in [3.8, 4) is 17.0 Å². The first-order valence-electron chi connectivity index (χ1n) is 8.28. The van der Waals surface area contributed by atoms with Gasteiger partial charge in [0.1, 0.15) is 11.6 Å². The summed E-state index contributed by atoms with van der Waals surface area (Å²) in [4.78, 5) is 17.2. The predicted molar refractivity (Wildman–Crippen MR) is 104 cm³/mol. The van der Waals surface area contributed by atoms with E-state index in [1.807, 2.05) is 61.5 Å². The number of ether oxygens (including phenoxy) is 1. The number of methoxy groups -OCH3 is 1. The Bertz CT molecular complexity index is 1010. The number of para-hydroxylation sites is 2. The highest BCUT2D eigenvalue weighted by atomic mass is 32.2. The third-order valence-electron chi connectivity index (χ3n) is 4.00. The first-order valence-corrected chi connectivity index (χ1v) is 9.26. The highest BCUT2D eigenvalue weighted by molar-refractivity contribution is 7.98. The number of hydrogen-bond acceptors (Lipinski definition) is 5. The Hall–Kier alpha value is -2.86. The van der Waals surface area contributed by atoms with Crippen LogP contribution in [0.5, 0.6) is 5.75 Å². The van der Waals surface area contributed by atoms with Crippen LogP contribution in [0.15, 0.2) is 59.8 Å². The first kappa shape index (κ1) is 16.6. The maximum absolute atomic E-state index is 5.22. The number of aromatic nitrogens is 4. The molecule has 2 aromatic carbocycles. The second-order valence-electron chi connectivity index (χ2n) is 5.89. The summed E-state index contributed by atoms with van der Waals surface area (Å²) in [7, 11) is 1.66. The molecule has 130 valence electrons. The van der Waals surface area contributed by atoms with Crippen molar-refractivity contribution >= 4 is 22.8 Å². The summed E-state index contributed by atoms with van der Waals surface area (Å²) in [6, 6.07) is 17.9. The largest absolute Gasteiger partial charge is 0.497 e. The molecule has 2 aromatic heterocycles. The molecule has 0 spiro atoms. The number of aromatic amines is 1. The molecular formula is C20H18N4OS. The average molecular weight is 362 g/mol. The molecule has 1 N–H and O–H groups in total. The van der Waals surface area contributed by atoms with E-state index in [0.717, 1.165) is 44.7 Å². The van der Waals surface area contributed by atoms with Gasteiger partial charge in [-0.05, 0) is 49.4 Å². The second kappa shape index (κ2) is 7.17. The number of nitrogens with zero attached hydrogens (tertiary/aromatic N) is 3. The number of rotatable bonds is 5. The molecule has 0 aliphatic heterocycles. The molecule has 4 rings (SSSR count). The monoisotopic (exact) mass is 362 g/mol. The van der Waals surface area contributed by atoms with Crippen molar-refractivity contribution in [3.63, 3.8) is 0 Å². The van der Waals surface area contributed by atoms with Gasteiger partial charge in [-0.25, -0.2) is 15.0 Å². The molecule has 5 nitrogen and oxygen atoms in total. The molecular weight excluding hydrogens is 344 g/mol. The van der Waals surface area contributed by atoms with Gasteiger partial charge in [-0.3, -0.25) is 0 Å². The van der Waals surface area contributed by atoms with E-state index in [0.29, 0.717) is 5.75 Å². The van der Waals surface area contributed by atoms with Crippen LogP contribution < -0.4 is 4.74 Å². The van der Waals surface area contributed by atoms with Crippen LogP contribution in [0.1, 0.15) is 11.5 Å². The zero-order chi connectivity index (χ0) is 17.9. The number of nitrogens with one attached hydrogen (secondary N) is 1. The quantitative estimate of drug-likeness (QED) is 0.414. The van der Waals surface area contributed by atoms with Crippen molar-refractivity contribution in [2.45, 2.75) is 17.8 Å². The Morgan fingerprint density at radius 1 is 1.00 bits per heavy atom. The van der Waals surface area contributed by atoms with Crippen molar-refractivity contribution in [3.05, 3.63) is 66.1 Å². The van der Waals surface area contributed by atoms with E-state index in [1.54, 1.807) is 18.9 Å². The molecule has 0 unspecified atom stereocenters. The normalized spacial score (nSPS) is 11.0. The van der Waals surface area contributed by atoms with Crippen LogP contribution in [0, 0.1) is 6.92 Å². The topological polar surface area (TPSA) is 63.7 Å². The lowest BCUT2D eigenvalue weighted by Crippen LogP contribution is -1.95. The van der Waals surface area contributed by atoms with Gasteiger partial charge in [0.05, 0.1) is 29.6 Å². The molecule has 0 amide bonds. The van der Waals surface area contributed by atoms with Gasteiger partial charge in [0, 0.05) is 11.3 Å². The highest BCUT2D eigenvalue weighted by Crippen LogP contribution is 2.25. The molecule has 4 aromatic rings. The average Bonchev–Trinajstić information content (AvgIpc) is 3.09. The predicted octanol–water partition coefficient (Wildman–Crippen LogP) is 4.63. The minimum absolute atomic E-state index is 0.695. The minimum Gasteiger partial charge on any atom is -0.497 e. The van der Waals surface area contributed by atoms with E-state index in [2.05, 4.69) is 15.0 Å². The van der Waals surface area contributed by atoms with Crippen molar-refractivity contribution in [1.29, 1.82) is 0 Å². The standard InChI is InChI=1S/C20H18N4OS/c1-13-11-18(14-7-9-15(25-2)10-8-14)24-20(21-13)26-12-19-22-16-5-3-4-6-17(16)23-19/h3-11H,12H2,1-2H3,(H,22,23). The molecule has 26 heavy (non-hydrogen) atoms. The number of fused-ring (bicyclic) bond motifs is 1. The molecule has 6 heteroatoms. The van der Waals surface area contributed by atoms with Crippen LogP contribution >= 0.6 is 11.8 Å². The van der Waals surface area contributed by atoms with E-state index in [9.17, 15) is 0 Å². The number of benzene rings is 2. The third-order valence-corrected chi connectivity index (χ3v) is 4.85. The van der Waals surface area contributed by atoms with Gasteiger partial charge in [0.15, 0.2) is 5.16 Å². The Labute approximate surface area is 155 Å². The summed E-state index contributed by atoms with van der Waals surface area (Å²) in [5, 5.41) is 0.747. The maximum Gasteiger partial charge on any atom is 0.188 e. The van der Waals surface area contributed by atoms with E-state index in [4.69, 9.17) is 9.72 Å². The molecule has 0 saturated heterocycles. The molecule has 0 aliphatic carbocycles. The summed E-state index contributed by atoms with van der Waals surface area (Å²) in [5.41, 5.74) is 4.92. The Morgan fingerprint density at radius 2 is 1.81 bits per heavy atom. The Kier molecular flexibility index (Phi) is 4.58. The smallest absolute Gasteiger partial charge is 0.188 e. The summed E-state index contributed by atoms with van der Waals surface area (Å²) in [6.07, 6.45) is 0. The van der Waals surface area contributed by atoms with Crippen molar-refractivity contribution in [2.75, 3.05) is 7.11 Å². The zero-order valence-corrected chi connectivity index (χ0v) is 15.4. The highest BCUT2D eigenvalue weighted by Gasteiger charge is 2.08. The van der Waals surface area contributed by atoms with E-state index in [1.165, 1.54) is 0 Å². The van der Waals surface area contributed by atoms with Gasteiger partial charge in [0.25, 0.3) is 0 Å². The minimum atomic E-state index is 0.695. The third kappa shape index (κ3) is 3.55. The summed E-state index contributed by atoms with van der Waals surface area (Å²) in [5.74, 6) is 2.45. The van der Waals surface area contributed by atoms with Crippen LogP contribution in [-0.2, 0) is 5.75 Å². The zero-order valence-electron chi connectivity index (χ0n) is 14.6. The van der Waals surface area contributed by atoms with Gasteiger partial charge in [-0.2, -0.15) is 0 Å². The van der Waals surface area contributed by atoms with Gasteiger partial charge < -0.3 is 9.72 Å². The van der Waals surface area contributed by atoms with Crippen LogP contribution in [0.4, 0.5) is 0 Å². The van der Waals surface area contributed by atoms with Crippen LogP contribution in [-0.4, -0.2) is 27.0 Å². The summed E-state index contributed by atoms with van der Waals surface area (Å²) >= 11 is 1.58. The Morgan fingerprint density at radius 3 is 2.58 bits per heavy atom. The second-order valence-corrected chi connectivity index (χ2v) is 6.84. The first-order chi connectivity index (χ1) is 12.7. The van der Waals surface area contributed by atoms with Crippen molar-refractivity contribution in [1.82, 2.24) is 19.9 Å². The lowest BCUT2D eigenvalue weighted by molar-refractivity contribution is 0.415. The fraction of sp³-hybridized carbons (Fsp3) is 0.150. The SMILES string of the molecule is COc1ccc(-c2cc(C)nc(SCc3nc4ccccc4[nH]3)n2)cc1. The molecule has 0 saturated carbocycles. The van der Waals surface area contributed by atoms with Crippen LogP contribution in [0.25, 0.3) is 22.3 Å². The van der Waals surface area contributed by atoms with Crippen LogP contribution in [0.2, 0.25) is 0 Å². The van der Waals surface area contributed by atoms with Crippen molar-refractivity contribution in [2.24, 2.45) is 0 Å². The molecule has 0 aliphatic rings. The number of aryl methyl sites for hydroxylation is 1. The van der Waals surface area contributed by atoms with Gasteiger partial charge in [-0.1, -0.05) is 23.9 Å². The maximum atomic E-state index is 5.22. The number of hydrogen-bond donors (Lipinski definition) is 1. The fourth-order valence-electron chi connectivity index (χ4n) is 2.72. The van der Waals surface area contributed by atoms with Crippen molar-refractivity contribution < 1.29 is 4.74 Å². The lowest BCUT2D eigenvalue weighted by atomic mass is 10.1. The molecule has 0 atom stereocenters. The lowest BCUT2D eigenvalue weighted by Gasteiger charge is -2.06. The van der Waals surface area contributed by atoms with Gasteiger partial charge in [-0.15, -0.1) is 0 Å². The molecule has 0 bridgehead atoms. The number of imidazole rings is 1. The van der Waals surface area contributed by atoms with E-state index in [-0.39, 0.29) is 0 Å². The van der Waals surface area contributed by atoms with Gasteiger partial charge >= 0.3 is 0 Å². The number of H-pyrrole nitrogens is 1. The molecule has 2 heterocycles. The summed E-state index contributed by atoms with van der Waals surface area (Å²) in [6.45, 7) is 1.99. The number of thioether (sulfide) groups is 1. The van der Waals surface area contributed by atoms with Gasteiger partial charge in [0.2, 0.25) is 0 Å².